The Morgan fingerprint density at radius 2 is 1.86 bits per heavy atom. The van der Waals surface area contributed by atoms with Gasteiger partial charge in [-0.2, -0.15) is 0 Å². The molecule has 35 heavy (non-hydrogen) atoms. The van der Waals surface area contributed by atoms with Crippen molar-refractivity contribution in [2.45, 2.75) is 20.0 Å². The Morgan fingerprint density at radius 3 is 2.63 bits per heavy atom. The van der Waals surface area contributed by atoms with Crippen LogP contribution in [-0.2, 0) is 13.1 Å². The Bertz CT molecular complexity index is 1400. The first-order chi connectivity index (χ1) is 17.1. The van der Waals surface area contributed by atoms with Crippen molar-refractivity contribution >= 4 is 34.1 Å². The smallest absolute Gasteiger partial charge is 0.254 e. The van der Waals surface area contributed by atoms with Gasteiger partial charge in [0.15, 0.2) is 0 Å². The lowest BCUT2D eigenvalue weighted by molar-refractivity contribution is 0.0966. The molecule has 0 spiro atoms. The molecule has 1 fully saturated rings. The van der Waals surface area contributed by atoms with Crippen LogP contribution in [0.3, 0.4) is 0 Å². The largest absolute Gasteiger partial charge is 0.368 e. The minimum atomic E-state index is -0.0603. The number of hydrogen-bond donors (Lipinski definition) is 2. The molecule has 8 heteroatoms. The summed E-state index contributed by atoms with van der Waals surface area (Å²) in [6.07, 6.45) is 5.82. The van der Waals surface area contributed by atoms with Crippen LogP contribution in [0.5, 0.6) is 0 Å². The molecular weight excluding hydrogens is 438 g/mol. The predicted octanol–water partition coefficient (Wildman–Crippen LogP) is 3.86. The molecule has 1 amide bonds. The monoisotopic (exact) mass is 467 g/mol. The van der Waals surface area contributed by atoms with Crippen LogP contribution in [0.25, 0.3) is 22.2 Å². The quantitative estimate of drug-likeness (QED) is 0.464. The molecule has 2 N–H and O–H groups in total. The molecule has 4 aromatic rings. The number of likely N-dealkylation sites (N-methyl/N-ethyl adjacent to an activating group) is 1. The summed E-state index contributed by atoms with van der Waals surface area (Å²) in [7, 11) is 2.15. The number of amides is 1. The van der Waals surface area contributed by atoms with E-state index in [1.165, 1.54) is 0 Å². The molecule has 5 heterocycles. The third kappa shape index (κ3) is 3.80. The van der Waals surface area contributed by atoms with Gasteiger partial charge in [-0.05, 0) is 61.0 Å². The first kappa shape index (κ1) is 21.6. The van der Waals surface area contributed by atoms with Crippen molar-refractivity contribution in [3.05, 3.63) is 66.1 Å². The second kappa shape index (κ2) is 8.70. The van der Waals surface area contributed by atoms with Crippen LogP contribution in [-0.4, -0.2) is 58.6 Å². The van der Waals surface area contributed by atoms with Gasteiger partial charge < -0.3 is 25.0 Å². The zero-order valence-corrected chi connectivity index (χ0v) is 20.1. The Kier molecular flexibility index (Phi) is 5.37. The summed E-state index contributed by atoms with van der Waals surface area (Å²) in [6, 6.07) is 12.3. The van der Waals surface area contributed by atoms with Crippen LogP contribution >= 0.6 is 0 Å². The maximum atomic E-state index is 12.9. The molecule has 0 unspecified atom stereocenters. The number of aromatic nitrogens is 3. The normalized spacial score (nSPS) is 15.9. The molecule has 2 aliphatic heterocycles. The molecule has 8 nitrogen and oxygen atoms in total. The van der Waals surface area contributed by atoms with E-state index >= 15 is 0 Å². The van der Waals surface area contributed by atoms with Gasteiger partial charge in [0.2, 0.25) is 0 Å². The Hall–Kier alpha value is -3.91. The second-order valence-corrected chi connectivity index (χ2v) is 9.21. The highest BCUT2D eigenvalue weighted by molar-refractivity contribution is 6.07. The van der Waals surface area contributed by atoms with Gasteiger partial charge in [-0.1, -0.05) is 6.07 Å². The van der Waals surface area contributed by atoms with Crippen LogP contribution in [0.1, 0.15) is 22.8 Å². The topological polar surface area (TPSA) is 78.3 Å². The summed E-state index contributed by atoms with van der Waals surface area (Å²) in [5.74, 6) is 0.665. The van der Waals surface area contributed by atoms with Crippen molar-refractivity contribution < 1.29 is 4.79 Å². The van der Waals surface area contributed by atoms with Crippen molar-refractivity contribution in [1.82, 2.24) is 24.8 Å². The molecule has 6 rings (SSSR count). The van der Waals surface area contributed by atoms with E-state index in [0.29, 0.717) is 12.1 Å². The van der Waals surface area contributed by atoms with E-state index in [1.54, 1.807) is 0 Å². The van der Waals surface area contributed by atoms with Crippen molar-refractivity contribution in [3.63, 3.8) is 0 Å². The number of rotatable bonds is 5. The summed E-state index contributed by atoms with van der Waals surface area (Å²) in [6.45, 7) is 7.60. The van der Waals surface area contributed by atoms with E-state index in [-0.39, 0.29) is 5.91 Å². The number of carbonyl (C=O) groups is 1. The maximum absolute atomic E-state index is 12.9. The average Bonchev–Trinajstić information content (AvgIpc) is 3.49. The van der Waals surface area contributed by atoms with Crippen LogP contribution in [0.15, 0.2) is 55.0 Å². The molecule has 0 aliphatic carbocycles. The van der Waals surface area contributed by atoms with Gasteiger partial charge in [0.05, 0.1) is 23.1 Å². The van der Waals surface area contributed by atoms with Crippen LogP contribution in [0.2, 0.25) is 0 Å². The number of carbonyl (C=O) groups excluding carboxylic acids is 1. The molecule has 3 aromatic heterocycles. The van der Waals surface area contributed by atoms with Gasteiger partial charge in [0.1, 0.15) is 11.5 Å². The van der Waals surface area contributed by atoms with Gasteiger partial charge in [0.25, 0.3) is 5.91 Å². The average molecular weight is 468 g/mol. The maximum Gasteiger partial charge on any atom is 0.254 e. The lowest BCUT2D eigenvalue weighted by Gasteiger charge is -2.33. The van der Waals surface area contributed by atoms with E-state index in [2.05, 4.69) is 73.3 Å². The van der Waals surface area contributed by atoms with Crippen LogP contribution in [0.4, 0.5) is 17.2 Å². The molecule has 2 aliphatic rings. The summed E-state index contributed by atoms with van der Waals surface area (Å²) in [5, 5.41) is 7.49. The van der Waals surface area contributed by atoms with Crippen molar-refractivity contribution in [2.24, 2.45) is 0 Å². The summed E-state index contributed by atoms with van der Waals surface area (Å²) in [5.41, 5.74) is 6.71. The summed E-state index contributed by atoms with van der Waals surface area (Å²) in [4.78, 5) is 26.8. The third-order valence-corrected chi connectivity index (χ3v) is 7.14. The molecule has 0 saturated carbocycles. The summed E-state index contributed by atoms with van der Waals surface area (Å²) >= 11 is 0. The van der Waals surface area contributed by atoms with Crippen molar-refractivity contribution in [1.29, 1.82) is 0 Å². The number of fused-ring (bicyclic) bond motifs is 2. The highest BCUT2D eigenvalue weighted by atomic mass is 16.1. The van der Waals surface area contributed by atoms with Gasteiger partial charge in [-0.25, -0.2) is 9.97 Å². The first-order valence-corrected chi connectivity index (χ1v) is 12.2. The number of nitrogens with one attached hydrogen (secondary N) is 2. The van der Waals surface area contributed by atoms with Crippen LogP contribution in [0, 0.1) is 0 Å². The van der Waals surface area contributed by atoms with Crippen LogP contribution < -0.4 is 15.5 Å². The number of nitrogens with zero attached hydrogens (tertiary/aromatic N) is 5. The van der Waals surface area contributed by atoms with Gasteiger partial charge in [-0.3, -0.25) is 4.79 Å². The highest BCUT2D eigenvalue weighted by Crippen LogP contribution is 2.37. The standard InChI is InChI=1S/C27H29N7O/c1-3-33-11-9-21-20(8-10-28-26(21)33)19-5-6-23(25-22(19)17-30-27(25)35)31-24-7-4-18(16-29-24)34-14-12-32(2)13-15-34/h4-11,16H,3,12-15,17H2,1-2H3,(H,29,31)(H,30,35). The van der Waals surface area contributed by atoms with E-state index in [1.807, 2.05) is 30.6 Å². The Balaban J connectivity index is 1.32. The number of benzene rings is 1. The predicted molar refractivity (Wildman–Crippen MR) is 139 cm³/mol. The lowest BCUT2D eigenvalue weighted by Crippen LogP contribution is -2.44. The second-order valence-electron chi connectivity index (χ2n) is 9.21. The zero-order chi connectivity index (χ0) is 23.9. The number of piperazine rings is 1. The fourth-order valence-electron chi connectivity index (χ4n) is 5.13. The molecule has 1 saturated heterocycles. The minimum absolute atomic E-state index is 0.0603. The number of anilines is 3. The van der Waals surface area contributed by atoms with E-state index < -0.39 is 0 Å². The minimum Gasteiger partial charge on any atom is -0.368 e. The number of hydrogen-bond acceptors (Lipinski definition) is 6. The number of aryl methyl sites for hydroxylation is 1. The van der Waals surface area contributed by atoms with E-state index in [0.717, 1.165) is 77.6 Å². The molecular formula is C27H29N7O. The highest BCUT2D eigenvalue weighted by Gasteiger charge is 2.27. The van der Waals surface area contributed by atoms with Gasteiger partial charge in [0, 0.05) is 57.0 Å². The molecule has 178 valence electrons. The molecule has 0 radical (unpaired) electrons. The molecule has 1 aromatic carbocycles. The Labute approximate surface area is 204 Å². The van der Waals surface area contributed by atoms with Gasteiger partial charge in [-0.15, -0.1) is 0 Å². The zero-order valence-electron chi connectivity index (χ0n) is 20.1. The van der Waals surface area contributed by atoms with Crippen molar-refractivity contribution in [3.8, 4) is 11.1 Å². The first-order valence-electron chi connectivity index (χ1n) is 12.2. The summed E-state index contributed by atoms with van der Waals surface area (Å²) < 4.78 is 2.13. The SMILES string of the molecule is CCn1ccc2c(-c3ccc(Nc4ccc(N5CCN(C)CC5)cn4)c4c3CNC4=O)ccnc21. The van der Waals surface area contributed by atoms with Crippen molar-refractivity contribution in [2.75, 3.05) is 43.4 Å². The van der Waals surface area contributed by atoms with E-state index in [4.69, 9.17) is 0 Å². The third-order valence-electron chi connectivity index (χ3n) is 7.14. The fourth-order valence-corrected chi connectivity index (χ4v) is 5.13. The van der Waals surface area contributed by atoms with Gasteiger partial charge >= 0.3 is 0 Å². The number of pyridine rings is 2. The fraction of sp³-hybridized carbons (Fsp3) is 0.296. The molecule has 0 bridgehead atoms. The Morgan fingerprint density at radius 1 is 1.00 bits per heavy atom. The van der Waals surface area contributed by atoms with E-state index in [9.17, 15) is 4.79 Å². The molecule has 0 atom stereocenters. The lowest BCUT2D eigenvalue weighted by atomic mass is 9.94.